The van der Waals surface area contributed by atoms with Crippen molar-refractivity contribution in [2.45, 2.75) is 58.9 Å². The molecule has 0 radical (unpaired) electrons. The van der Waals surface area contributed by atoms with Crippen LogP contribution in [0.2, 0.25) is 0 Å². The van der Waals surface area contributed by atoms with Gasteiger partial charge in [0.15, 0.2) is 0 Å². The summed E-state index contributed by atoms with van der Waals surface area (Å²) in [4.78, 5) is 0. The molecule has 0 aliphatic rings. The molecular weight excluding hydrogens is 253 g/mol. The van der Waals surface area contributed by atoms with E-state index < -0.39 is 0 Å². The second-order valence-corrected chi connectivity index (χ2v) is 6.35. The monoisotopic (exact) mass is 281 g/mol. The van der Waals surface area contributed by atoms with Crippen LogP contribution in [0.3, 0.4) is 0 Å². The minimum atomic E-state index is -0.177. The second-order valence-electron chi connectivity index (χ2n) is 6.35. The van der Waals surface area contributed by atoms with Gasteiger partial charge in [-0.2, -0.15) is 0 Å². The number of hydrogen-bond acceptors (Lipinski definition) is 2. The minimum Gasteiger partial charge on any atom is -0.494 e. The van der Waals surface area contributed by atoms with Gasteiger partial charge < -0.3 is 10.1 Å². The van der Waals surface area contributed by atoms with E-state index >= 15 is 0 Å². The molecule has 1 rings (SSSR count). The van der Waals surface area contributed by atoms with Crippen molar-refractivity contribution in [3.8, 4) is 5.75 Å². The summed E-state index contributed by atoms with van der Waals surface area (Å²) in [6.45, 7) is 10.1. The van der Waals surface area contributed by atoms with E-state index in [1.807, 2.05) is 0 Å². The second kappa shape index (κ2) is 8.25. The average Bonchev–Trinajstić information content (AvgIpc) is 2.35. The predicted molar refractivity (Wildman–Crippen MR) is 82.9 cm³/mol. The summed E-state index contributed by atoms with van der Waals surface area (Å²) in [5.74, 6) is 0.585. The normalized spacial score (nSPS) is 11.7. The van der Waals surface area contributed by atoms with Gasteiger partial charge in [-0.25, -0.2) is 4.39 Å². The summed E-state index contributed by atoms with van der Waals surface area (Å²) in [6, 6.07) is 4.90. The van der Waals surface area contributed by atoms with Gasteiger partial charge in [0.1, 0.15) is 11.6 Å². The predicted octanol–water partition coefficient (Wildman–Crippen LogP) is 4.46. The Labute approximate surface area is 122 Å². The first-order chi connectivity index (χ1) is 9.38. The molecule has 0 heterocycles. The molecule has 1 N–H and O–H groups in total. The van der Waals surface area contributed by atoms with Gasteiger partial charge in [0.05, 0.1) is 6.61 Å². The van der Waals surface area contributed by atoms with Gasteiger partial charge in [0.25, 0.3) is 0 Å². The van der Waals surface area contributed by atoms with Crippen LogP contribution in [-0.4, -0.2) is 18.7 Å². The molecule has 3 heteroatoms. The van der Waals surface area contributed by atoms with Crippen LogP contribution in [0.15, 0.2) is 18.2 Å². The molecule has 0 aliphatic carbocycles. The highest BCUT2D eigenvalue weighted by molar-refractivity contribution is 5.28. The molecule has 0 aromatic heterocycles. The van der Waals surface area contributed by atoms with Gasteiger partial charge in [-0.3, -0.25) is 0 Å². The fourth-order valence-electron chi connectivity index (χ4n) is 1.94. The van der Waals surface area contributed by atoms with E-state index in [1.165, 1.54) is 25.3 Å². The third-order valence-electron chi connectivity index (χ3n) is 3.12. The van der Waals surface area contributed by atoms with Crippen LogP contribution in [0.1, 0.15) is 52.0 Å². The molecule has 0 unspecified atom stereocenters. The molecule has 0 saturated carbocycles. The van der Waals surface area contributed by atoms with Crippen LogP contribution in [0.4, 0.5) is 4.39 Å². The minimum absolute atomic E-state index is 0.177. The highest BCUT2D eigenvalue weighted by Crippen LogP contribution is 2.16. The highest BCUT2D eigenvalue weighted by Gasteiger charge is 2.06. The van der Waals surface area contributed by atoms with Crippen molar-refractivity contribution in [1.82, 2.24) is 5.32 Å². The lowest BCUT2D eigenvalue weighted by molar-refractivity contribution is 0.303. The van der Waals surface area contributed by atoms with Gasteiger partial charge in [-0.15, -0.1) is 0 Å². The lowest BCUT2D eigenvalue weighted by Crippen LogP contribution is -2.36. The number of benzene rings is 1. The van der Waals surface area contributed by atoms with Crippen LogP contribution in [0.5, 0.6) is 5.75 Å². The van der Waals surface area contributed by atoms with E-state index in [4.69, 9.17) is 4.74 Å². The molecule has 0 aliphatic heterocycles. The number of unbranched alkanes of at least 4 members (excludes halogenated alkanes) is 3. The van der Waals surface area contributed by atoms with Crippen molar-refractivity contribution < 1.29 is 9.13 Å². The lowest BCUT2D eigenvalue weighted by atomic mass is 10.1. The maximum atomic E-state index is 13.1. The van der Waals surface area contributed by atoms with Gasteiger partial charge >= 0.3 is 0 Å². The largest absolute Gasteiger partial charge is 0.494 e. The number of hydrogen-bond donors (Lipinski definition) is 1. The first-order valence-corrected chi connectivity index (χ1v) is 7.52. The number of rotatable bonds is 8. The fraction of sp³-hybridized carbons (Fsp3) is 0.647. The van der Waals surface area contributed by atoms with Crippen molar-refractivity contribution in [3.63, 3.8) is 0 Å². The van der Waals surface area contributed by atoms with E-state index in [1.54, 1.807) is 19.1 Å². The number of nitrogens with one attached hydrogen (secondary N) is 1. The molecular formula is C17H28FNO. The van der Waals surface area contributed by atoms with Crippen LogP contribution >= 0.6 is 0 Å². The molecule has 114 valence electrons. The Hall–Kier alpha value is -1.09. The molecule has 0 saturated heterocycles. The summed E-state index contributed by atoms with van der Waals surface area (Å²) < 4.78 is 18.7. The van der Waals surface area contributed by atoms with Gasteiger partial charge in [0.2, 0.25) is 0 Å². The highest BCUT2D eigenvalue weighted by atomic mass is 19.1. The Balaban J connectivity index is 2.03. The number of halogens is 1. The lowest BCUT2D eigenvalue weighted by Gasteiger charge is -2.20. The molecule has 0 bridgehead atoms. The van der Waals surface area contributed by atoms with Crippen molar-refractivity contribution >= 4 is 0 Å². The molecule has 0 atom stereocenters. The van der Waals surface area contributed by atoms with Crippen molar-refractivity contribution in [1.29, 1.82) is 0 Å². The van der Waals surface area contributed by atoms with E-state index in [9.17, 15) is 4.39 Å². The summed E-state index contributed by atoms with van der Waals surface area (Å²) in [5, 5.41) is 3.48. The van der Waals surface area contributed by atoms with Gasteiger partial charge in [0, 0.05) is 5.54 Å². The summed E-state index contributed by atoms with van der Waals surface area (Å²) in [5.41, 5.74) is 0.847. The molecule has 2 nitrogen and oxygen atoms in total. The molecule has 0 spiro atoms. The Bertz CT molecular complexity index is 398. The molecule has 1 aromatic rings. The fourth-order valence-corrected chi connectivity index (χ4v) is 1.94. The summed E-state index contributed by atoms with van der Waals surface area (Å²) in [6.07, 6.45) is 4.64. The SMILES string of the molecule is Cc1cc(OCCCCCCNC(C)(C)C)ccc1F. The molecule has 0 fully saturated rings. The van der Waals surface area contributed by atoms with Crippen LogP contribution in [-0.2, 0) is 0 Å². The van der Waals surface area contributed by atoms with Crippen molar-refractivity contribution in [2.75, 3.05) is 13.2 Å². The Kier molecular flexibility index (Phi) is 7.00. The van der Waals surface area contributed by atoms with Gasteiger partial charge in [-0.1, -0.05) is 12.8 Å². The summed E-state index contributed by atoms with van der Waals surface area (Å²) in [7, 11) is 0. The van der Waals surface area contributed by atoms with Crippen LogP contribution in [0.25, 0.3) is 0 Å². The molecule has 1 aromatic carbocycles. The standard InChI is InChI=1S/C17H28FNO/c1-14-13-15(9-10-16(14)18)20-12-8-6-5-7-11-19-17(2,3)4/h9-10,13,19H,5-8,11-12H2,1-4H3. The van der Waals surface area contributed by atoms with Crippen molar-refractivity contribution in [2.24, 2.45) is 0 Å². The average molecular weight is 281 g/mol. The number of ether oxygens (including phenoxy) is 1. The third-order valence-corrected chi connectivity index (χ3v) is 3.12. The zero-order valence-corrected chi connectivity index (χ0v) is 13.3. The van der Waals surface area contributed by atoms with E-state index in [0.29, 0.717) is 12.2 Å². The zero-order valence-electron chi connectivity index (χ0n) is 13.3. The van der Waals surface area contributed by atoms with E-state index in [0.717, 1.165) is 18.7 Å². The molecule has 20 heavy (non-hydrogen) atoms. The smallest absolute Gasteiger partial charge is 0.126 e. The number of aryl methyl sites for hydroxylation is 1. The maximum absolute atomic E-state index is 13.1. The topological polar surface area (TPSA) is 21.3 Å². The quantitative estimate of drug-likeness (QED) is 0.710. The first-order valence-electron chi connectivity index (χ1n) is 7.52. The first kappa shape index (κ1) is 17.0. The molecule has 0 amide bonds. The Morgan fingerprint density at radius 2 is 1.80 bits per heavy atom. The van der Waals surface area contributed by atoms with Crippen molar-refractivity contribution in [3.05, 3.63) is 29.6 Å². The van der Waals surface area contributed by atoms with Crippen LogP contribution < -0.4 is 10.1 Å². The summed E-state index contributed by atoms with van der Waals surface area (Å²) >= 11 is 0. The Morgan fingerprint density at radius 3 is 2.45 bits per heavy atom. The zero-order chi connectivity index (χ0) is 15.0. The van der Waals surface area contributed by atoms with Crippen LogP contribution in [0, 0.1) is 12.7 Å². The van der Waals surface area contributed by atoms with E-state index in [2.05, 4.69) is 26.1 Å². The van der Waals surface area contributed by atoms with E-state index in [-0.39, 0.29) is 11.4 Å². The van der Waals surface area contributed by atoms with Gasteiger partial charge in [-0.05, 0) is 70.8 Å². The Morgan fingerprint density at radius 1 is 1.10 bits per heavy atom. The maximum Gasteiger partial charge on any atom is 0.126 e. The third kappa shape index (κ3) is 7.49.